The van der Waals surface area contributed by atoms with E-state index < -0.39 is 10.0 Å². The number of halogens is 2. The summed E-state index contributed by atoms with van der Waals surface area (Å²) in [5, 5.41) is 0. The highest BCUT2D eigenvalue weighted by Crippen LogP contribution is 2.33. The van der Waals surface area contributed by atoms with E-state index in [1.54, 1.807) is 12.1 Å². The molecule has 1 aromatic carbocycles. The van der Waals surface area contributed by atoms with E-state index in [1.165, 1.54) is 0 Å². The zero-order valence-electron chi connectivity index (χ0n) is 6.34. The topological polar surface area (TPSA) is 46.2 Å². The number of benzene rings is 1. The second kappa shape index (κ2) is 3.05. The summed E-state index contributed by atoms with van der Waals surface area (Å²) in [5.74, 6) is 0. The summed E-state index contributed by atoms with van der Waals surface area (Å²) in [7, 11) is -3.27. The first-order chi connectivity index (χ1) is 6.00. The first-order valence-corrected chi connectivity index (χ1v) is 6.55. The third kappa shape index (κ3) is 1.56. The Hall–Kier alpha value is 0.0900. The quantitative estimate of drug-likeness (QED) is 0.792. The maximum absolute atomic E-state index is 11.4. The van der Waals surface area contributed by atoms with Crippen molar-refractivity contribution < 1.29 is 8.42 Å². The minimum atomic E-state index is -3.27. The largest absolute Gasteiger partial charge is 0.242 e. The van der Waals surface area contributed by atoms with Crippen LogP contribution < -0.4 is 4.72 Å². The van der Waals surface area contributed by atoms with Crippen molar-refractivity contribution in [1.29, 1.82) is 0 Å². The van der Waals surface area contributed by atoms with Gasteiger partial charge in [0.15, 0.2) is 0 Å². The minimum Gasteiger partial charge on any atom is -0.207 e. The van der Waals surface area contributed by atoms with Crippen molar-refractivity contribution in [3.05, 3.63) is 26.6 Å². The molecule has 6 heteroatoms. The molecule has 0 unspecified atom stereocenters. The van der Waals surface area contributed by atoms with E-state index >= 15 is 0 Å². The molecule has 13 heavy (non-hydrogen) atoms. The molecule has 0 fully saturated rings. The second-order valence-electron chi connectivity index (χ2n) is 2.70. The lowest BCUT2D eigenvalue weighted by Gasteiger charge is -2.00. The van der Waals surface area contributed by atoms with Crippen LogP contribution in [0.1, 0.15) is 5.56 Å². The van der Waals surface area contributed by atoms with Crippen molar-refractivity contribution in [3.63, 3.8) is 0 Å². The maximum Gasteiger partial charge on any atom is 0.242 e. The fourth-order valence-electron chi connectivity index (χ4n) is 1.29. The number of fused-ring (bicyclic) bond motifs is 1. The van der Waals surface area contributed by atoms with Gasteiger partial charge in [-0.25, -0.2) is 13.1 Å². The summed E-state index contributed by atoms with van der Waals surface area (Å²) in [6.45, 7) is 0.371. The Labute approximate surface area is 92.8 Å². The highest BCUT2D eigenvalue weighted by Gasteiger charge is 2.28. The highest BCUT2D eigenvalue weighted by atomic mass is 79.9. The zero-order chi connectivity index (χ0) is 9.64. The van der Waals surface area contributed by atoms with Gasteiger partial charge >= 0.3 is 0 Å². The van der Waals surface area contributed by atoms with E-state index in [-0.39, 0.29) is 0 Å². The second-order valence-corrected chi connectivity index (χ2v) is 6.17. The predicted octanol–water partition coefficient (Wildman–Crippen LogP) is 2.00. The van der Waals surface area contributed by atoms with Crippen molar-refractivity contribution in [2.24, 2.45) is 0 Å². The van der Waals surface area contributed by atoms with Gasteiger partial charge in [-0.15, -0.1) is 0 Å². The Bertz CT molecular complexity index is 470. The molecule has 0 radical (unpaired) electrons. The summed E-state index contributed by atoms with van der Waals surface area (Å²) in [5.41, 5.74) is 0.793. The van der Waals surface area contributed by atoms with Gasteiger partial charge in [0.25, 0.3) is 0 Å². The number of hydrogen-bond donors (Lipinski definition) is 1. The molecular formula is C7H5Br2NO2S. The molecule has 0 spiro atoms. The molecule has 0 aromatic heterocycles. The lowest BCUT2D eigenvalue weighted by Crippen LogP contribution is -2.14. The molecule has 1 heterocycles. The van der Waals surface area contributed by atoms with Gasteiger partial charge in [-0.2, -0.15) is 0 Å². The smallest absolute Gasteiger partial charge is 0.207 e. The van der Waals surface area contributed by atoms with Crippen LogP contribution in [0.3, 0.4) is 0 Å². The van der Waals surface area contributed by atoms with Crippen molar-refractivity contribution in [1.82, 2.24) is 4.72 Å². The van der Waals surface area contributed by atoms with Crippen molar-refractivity contribution >= 4 is 41.9 Å². The standard InChI is InChI=1S/C7H5Br2NO2S/c8-5-1-4-3-10-13(11,12)7(4)6(9)2-5/h1-2,10H,3H2. The van der Waals surface area contributed by atoms with E-state index in [1.807, 2.05) is 0 Å². The predicted molar refractivity (Wildman–Crippen MR) is 55.9 cm³/mol. The SMILES string of the molecule is O=S1(=O)NCc2cc(Br)cc(Br)c21. The average molecular weight is 327 g/mol. The summed E-state index contributed by atoms with van der Waals surface area (Å²) < 4.78 is 26.8. The van der Waals surface area contributed by atoms with Gasteiger partial charge in [-0.3, -0.25) is 0 Å². The molecule has 1 aromatic rings. The van der Waals surface area contributed by atoms with Gasteiger partial charge in [0.2, 0.25) is 10.0 Å². The Morgan fingerprint density at radius 2 is 2.00 bits per heavy atom. The summed E-state index contributed by atoms with van der Waals surface area (Å²) >= 11 is 6.53. The fourth-order valence-corrected chi connectivity index (χ4v) is 4.53. The van der Waals surface area contributed by atoms with Gasteiger partial charge in [0.1, 0.15) is 4.90 Å². The Morgan fingerprint density at radius 1 is 1.31 bits per heavy atom. The number of hydrogen-bond acceptors (Lipinski definition) is 2. The van der Waals surface area contributed by atoms with Crippen LogP contribution in [0.5, 0.6) is 0 Å². The van der Waals surface area contributed by atoms with Crippen molar-refractivity contribution in [3.8, 4) is 0 Å². The van der Waals surface area contributed by atoms with Crippen LogP contribution in [-0.2, 0) is 16.6 Å². The van der Waals surface area contributed by atoms with Gasteiger partial charge in [-0.05, 0) is 33.6 Å². The molecule has 0 saturated heterocycles. The first kappa shape index (κ1) is 9.64. The first-order valence-electron chi connectivity index (χ1n) is 3.48. The molecule has 0 bridgehead atoms. The summed E-state index contributed by atoms with van der Waals surface area (Å²) in [6, 6.07) is 3.53. The normalized spacial score (nSPS) is 18.6. The van der Waals surface area contributed by atoms with Gasteiger partial charge in [-0.1, -0.05) is 15.9 Å². The van der Waals surface area contributed by atoms with E-state index in [0.29, 0.717) is 15.9 Å². The van der Waals surface area contributed by atoms with Crippen LogP contribution in [-0.4, -0.2) is 8.42 Å². The van der Waals surface area contributed by atoms with E-state index in [0.717, 1.165) is 10.0 Å². The molecule has 2 rings (SSSR count). The number of sulfonamides is 1. The van der Waals surface area contributed by atoms with Crippen LogP contribution in [0.15, 0.2) is 26.0 Å². The molecule has 3 nitrogen and oxygen atoms in total. The monoisotopic (exact) mass is 325 g/mol. The Balaban J connectivity index is 2.80. The van der Waals surface area contributed by atoms with Crippen molar-refractivity contribution in [2.45, 2.75) is 11.4 Å². The molecule has 1 aliphatic rings. The Kier molecular flexibility index (Phi) is 2.26. The maximum atomic E-state index is 11.4. The molecule has 0 atom stereocenters. The lowest BCUT2D eigenvalue weighted by atomic mass is 10.2. The molecule has 1 N–H and O–H groups in total. The van der Waals surface area contributed by atoms with Crippen LogP contribution >= 0.6 is 31.9 Å². The van der Waals surface area contributed by atoms with E-state index in [9.17, 15) is 8.42 Å². The van der Waals surface area contributed by atoms with Gasteiger partial charge in [0, 0.05) is 15.5 Å². The van der Waals surface area contributed by atoms with Crippen LogP contribution in [0.25, 0.3) is 0 Å². The van der Waals surface area contributed by atoms with Crippen molar-refractivity contribution in [2.75, 3.05) is 0 Å². The molecule has 1 aliphatic heterocycles. The summed E-state index contributed by atoms with van der Waals surface area (Å²) in [6.07, 6.45) is 0. The lowest BCUT2D eigenvalue weighted by molar-refractivity contribution is 0.589. The molecule has 0 saturated carbocycles. The fraction of sp³-hybridized carbons (Fsp3) is 0.143. The molecular weight excluding hydrogens is 322 g/mol. The average Bonchev–Trinajstić information content (AvgIpc) is 2.26. The third-order valence-electron chi connectivity index (χ3n) is 1.81. The van der Waals surface area contributed by atoms with Crippen LogP contribution in [0.4, 0.5) is 0 Å². The highest BCUT2D eigenvalue weighted by molar-refractivity contribution is 9.11. The van der Waals surface area contributed by atoms with E-state index in [4.69, 9.17) is 0 Å². The number of rotatable bonds is 0. The third-order valence-corrected chi connectivity index (χ3v) is 4.70. The molecule has 70 valence electrons. The van der Waals surface area contributed by atoms with Crippen LogP contribution in [0, 0.1) is 0 Å². The summed E-state index contributed by atoms with van der Waals surface area (Å²) in [4.78, 5) is 0.357. The van der Waals surface area contributed by atoms with Gasteiger partial charge < -0.3 is 0 Å². The zero-order valence-corrected chi connectivity index (χ0v) is 10.3. The van der Waals surface area contributed by atoms with E-state index in [2.05, 4.69) is 36.6 Å². The van der Waals surface area contributed by atoms with Gasteiger partial charge in [0.05, 0.1) is 0 Å². The minimum absolute atomic E-state index is 0.357. The number of nitrogens with one attached hydrogen (secondary N) is 1. The molecule has 0 amide bonds. The molecule has 0 aliphatic carbocycles. The Morgan fingerprint density at radius 3 is 2.69 bits per heavy atom. The van der Waals surface area contributed by atoms with Crippen LogP contribution in [0.2, 0.25) is 0 Å².